The summed E-state index contributed by atoms with van der Waals surface area (Å²) in [5.74, 6) is -6.10. The van der Waals surface area contributed by atoms with E-state index in [0.29, 0.717) is 17.9 Å². The van der Waals surface area contributed by atoms with E-state index in [2.05, 4.69) is 35.9 Å². The molecule has 58 heavy (non-hydrogen) atoms. The van der Waals surface area contributed by atoms with E-state index in [0.717, 1.165) is 30.5 Å². The number of aromatic nitrogens is 4. The summed E-state index contributed by atoms with van der Waals surface area (Å²) < 4.78 is 51.9. The molecule has 0 aliphatic rings. The highest BCUT2D eigenvalue weighted by Gasteiger charge is 2.43. The minimum Gasteiger partial charge on any atom is -0.460 e. The SMILES string of the molecule is CCCNC(=O)[C@H](CCC(=O)OC(C)(C)C)NC(=O)CC[C@H](NC(=O)c1ccc(N(Cc2cnc3nc(N)[nH]c(=O)c3n2)C(=O)C(F)(F)F)cc1)C(=O)OC(C)(C)C. The van der Waals surface area contributed by atoms with E-state index >= 15 is 0 Å². The first-order valence-corrected chi connectivity index (χ1v) is 18.2. The number of alkyl halides is 3. The Morgan fingerprint density at radius 1 is 0.879 bits per heavy atom. The number of ether oxygens (including phenoxy) is 2. The molecule has 2 heterocycles. The number of nitrogen functional groups attached to an aromatic ring is 1. The van der Waals surface area contributed by atoms with E-state index in [1.54, 1.807) is 41.5 Å². The smallest absolute Gasteiger partial charge is 0.460 e. The number of benzene rings is 1. The number of nitrogens with zero attached hydrogens (tertiary/aromatic N) is 4. The van der Waals surface area contributed by atoms with Crippen LogP contribution in [0.15, 0.2) is 35.3 Å². The van der Waals surface area contributed by atoms with Crippen molar-refractivity contribution in [2.45, 2.75) is 117 Å². The molecule has 21 heteroatoms. The summed E-state index contributed by atoms with van der Waals surface area (Å²) >= 11 is 0. The average molecular weight is 820 g/mol. The fourth-order valence-electron chi connectivity index (χ4n) is 5.14. The number of carbonyl (C=O) groups is 6. The second-order valence-corrected chi connectivity index (χ2v) is 15.1. The molecule has 0 unspecified atom stereocenters. The van der Waals surface area contributed by atoms with Crippen molar-refractivity contribution in [3.63, 3.8) is 0 Å². The minimum absolute atomic E-state index is 0.0765. The van der Waals surface area contributed by atoms with Crippen molar-refractivity contribution in [3.05, 3.63) is 52.1 Å². The molecule has 4 amide bonds. The number of anilines is 2. The van der Waals surface area contributed by atoms with Gasteiger partial charge in [0.15, 0.2) is 11.2 Å². The highest BCUT2D eigenvalue weighted by Crippen LogP contribution is 2.26. The van der Waals surface area contributed by atoms with Crippen LogP contribution in [0, 0.1) is 0 Å². The molecule has 2 atom stereocenters. The third-order valence-corrected chi connectivity index (χ3v) is 7.65. The second-order valence-electron chi connectivity index (χ2n) is 15.1. The lowest BCUT2D eigenvalue weighted by atomic mass is 10.1. The van der Waals surface area contributed by atoms with Crippen LogP contribution in [-0.4, -0.2) is 91.5 Å². The summed E-state index contributed by atoms with van der Waals surface area (Å²) in [5.41, 5.74) is 1.77. The van der Waals surface area contributed by atoms with Gasteiger partial charge in [0.2, 0.25) is 17.8 Å². The molecule has 0 saturated heterocycles. The van der Waals surface area contributed by atoms with E-state index in [1.165, 1.54) is 0 Å². The number of carbonyl (C=O) groups excluding carboxylic acids is 6. The number of amides is 4. The van der Waals surface area contributed by atoms with E-state index < -0.39 is 77.1 Å². The van der Waals surface area contributed by atoms with Crippen LogP contribution in [0.25, 0.3) is 11.2 Å². The molecule has 0 aliphatic carbocycles. The Hall–Kier alpha value is -6.15. The Labute approximate surface area is 331 Å². The van der Waals surface area contributed by atoms with Gasteiger partial charge in [0.25, 0.3) is 11.5 Å². The highest BCUT2D eigenvalue weighted by molar-refractivity contribution is 6.00. The lowest BCUT2D eigenvalue weighted by Gasteiger charge is -2.25. The zero-order valence-corrected chi connectivity index (χ0v) is 33.2. The lowest BCUT2D eigenvalue weighted by Crippen LogP contribution is -2.48. The maximum absolute atomic E-state index is 13.7. The molecule has 3 rings (SSSR count). The van der Waals surface area contributed by atoms with E-state index in [-0.39, 0.29) is 59.7 Å². The second kappa shape index (κ2) is 19.3. The largest absolute Gasteiger partial charge is 0.471 e. The van der Waals surface area contributed by atoms with Gasteiger partial charge in [0.1, 0.15) is 23.3 Å². The molecule has 0 fully saturated rings. The number of rotatable bonds is 16. The zero-order chi connectivity index (χ0) is 43.6. The van der Waals surface area contributed by atoms with Crippen LogP contribution in [0.5, 0.6) is 0 Å². The highest BCUT2D eigenvalue weighted by atomic mass is 19.4. The van der Waals surface area contributed by atoms with Crippen molar-refractivity contribution in [2.24, 2.45) is 0 Å². The van der Waals surface area contributed by atoms with Gasteiger partial charge in [0, 0.05) is 30.6 Å². The van der Waals surface area contributed by atoms with Gasteiger partial charge >= 0.3 is 24.0 Å². The van der Waals surface area contributed by atoms with Crippen LogP contribution in [0.4, 0.5) is 24.8 Å². The van der Waals surface area contributed by atoms with Crippen LogP contribution in [-0.2, 0) is 40.0 Å². The predicted molar refractivity (Wildman–Crippen MR) is 203 cm³/mol. The van der Waals surface area contributed by atoms with Crippen LogP contribution < -0.4 is 32.1 Å². The molecule has 18 nitrogen and oxygen atoms in total. The van der Waals surface area contributed by atoms with E-state index in [1.807, 2.05) is 6.92 Å². The van der Waals surface area contributed by atoms with Crippen molar-refractivity contribution < 1.29 is 51.4 Å². The Bertz CT molecular complexity index is 2040. The van der Waals surface area contributed by atoms with Crippen LogP contribution in [0.3, 0.4) is 0 Å². The van der Waals surface area contributed by atoms with Gasteiger partial charge in [-0.1, -0.05) is 6.92 Å². The fraction of sp³-hybridized carbons (Fsp3) is 0.514. The van der Waals surface area contributed by atoms with Crippen molar-refractivity contribution in [1.82, 2.24) is 35.9 Å². The average Bonchev–Trinajstić information content (AvgIpc) is 3.11. The van der Waals surface area contributed by atoms with Gasteiger partial charge in [-0.3, -0.25) is 38.7 Å². The van der Waals surface area contributed by atoms with Crippen molar-refractivity contribution in [1.29, 1.82) is 0 Å². The molecule has 0 radical (unpaired) electrons. The number of aromatic amines is 1. The molecular weight excluding hydrogens is 771 g/mol. The van der Waals surface area contributed by atoms with Crippen molar-refractivity contribution in [2.75, 3.05) is 17.2 Å². The maximum Gasteiger partial charge on any atom is 0.471 e. The van der Waals surface area contributed by atoms with Gasteiger partial charge in [0.05, 0.1) is 18.4 Å². The molecule has 0 aliphatic heterocycles. The first kappa shape index (κ1) is 46.2. The van der Waals surface area contributed by atoms with Crippen LogP contribution in [0.2, 0.25) is 0 Å². The number of esters is 2. The van der Waals surface area contributed by atoms with Crippen LogP contribution >= 0.6 is 0 Å². The van der Waals surface area contributed by atoms with E-state index in [4.69, 9.17) is 15.2 Å². The Balaban J connectivity index is 1.80. The first-order chi connectivity index (χ1) is 26.9. The van der Waals surface area contributed by atoms with Crippen molar-refractivity contribution >= 4 is 58.4 Å². The molecule has 316 valence electrons. The number of H-pyrrole nitrogens is 1. The van der Waals surface area contributed by atoms with Gasteiger partial charge < -0.3 is 31.2 Å². The van der Waals surface area contributed by atoms with Gasteiger partial charge in [-0.25, -0.2) is 14.8 Å². The third-order valence-electron chi connectivity index (χ3n) is 7.65. The van der Waals surface area contributed by atoms with Crippen molar-refractivity contribution in [3.8, 4) is 0 Å². The maximum atomic E-state index is 13.7. The van der Waals surface area contributed by atoms with Gasteiger partial charge in [-0.15, -0.1) is 0 Å². The standard InChI is InChI=1S/C37H48F3N9O9/c1-8-17-42-30(53)23(14-16-26(51)57-35(2,3)4)45-25(50)15-13-24(32(55)58-36(5,6)7)46-29(52)20-9-11-22(12-10-20)49(33(56)37(38,39)40)19-21-18-43-28-27(44-21)31(54)48-34(41)47-28/h9-12,18,23-24H,8,13-17,19H2,1-7H3,(H,42,53)(H,45,50)(H,46,52)(H3,41,43,47,48,54)/t23-,24-/m0/s1. The summed E-state index contributed by atoms with van der Waals surface area (Å²) in [5, 5.41) is 7.72. The summed E-state index contributed by atoms with van der Waals surface area (Å²) in [4.78, 5) is 104. The normalized spacial score (nSPS) is 12.9. The monoisotopic (exact) mass is 819 g/mol. The molecule has 2 aromatic heterocycles. The molecule has 0 spiro atoms. The molecule has 3 aromatic rings. The number of hydrogen-bond acceptors (Lipinski definition) is 13. The summed E-state index contributed by atoms with van der Waals surface area (Å²) in [7, 11) is 0. The van der Waals surface area contributed by atoms with Crippen LogP contribution in [0.1, 0.15) is 96.6 Å². The summed E-state index contributed by atoms with van der Waals surface area (Å²) in [6, 6.07) is 1.80. The third kappa shape index (κ3) is 14.4. The Morgan fingerprint density at radius 2 is 1.50 bits per heavy atom. The number of hydrogen-bond donors (Lipinski definition) is 5. The summed E-state index contributed by atoms with van der Waals surface area (Å²) in [6.07, 6.45) is -4.63. The topological polar surface area (TPSA) is 258 Å². The van der Waals surface area contributed by atoms with E-state index in [9.17, 15) is 46.7 Å². The number of nitrogens with two attached hydrogens (primary N) is 1. The Morgan fingerprint density at radius 3 is 2.09 bits per heavy atom. The fourth-order valence-corrected chi connectivity index (χ4v) is 5.14. The Kier molecular flexibility index (Phi) is 15.4. The lowest BCUT2D eigenvalue weighted by molar-refractivity contribution is -0.170. The number of fused-ring (bicyclic) bond motifs is 1. The quantitative estimate of drug-likeness (QED) is 0.131. The molecule has 0 saturated carbocycles. The van der Waals surface area contributed by atoms with Gasteiger partial charge in [-0.05, 0) is 85.1 Å². The summed E-state index contributed by atoms with van der Waals surface area (Å²) in [6.45, 7) is 11.2. The zero-order valence-electron chi connectivity index (χ0n) is 33.2. The molecule has 1 aromatic carbocycles. The molecule has 0 bridgehead atoms. The van der Waals surface area contributed by atoms with Gasteiger partial charge in [-0.2, -0.15) is 18.2 Å². The number of halogens is 3. The molecular formula is C37H48F3N9O9. The molecule has 6 N–H and O–H groups in total. The first-order valence-electron chi connectivity index (χ1n) is 18.2. The minimum atomic E-state index is -5.34. The number of nitrogens with one attached hydrogen (secondary N) is 4. The predicted octanol–water partition coefficient (Wildman–Crippen LogP) is 2.74.